The zero-order valence-electron chi connectivity index (χ0n) is 10.9. The van der Waals surface area contributed by atoms with Gasteiger partial charge in [0.2, 0.25) is 5.91 Å². The van der Waals surface area contributed by atoms with Gasteiger partial charge < -0.3 is 10.2 Å². The number of hydrogen-bond acceptors (Lipinski definition) is 3. The van der Waals surface area contributed by atoms with Crippen molar-refractivity contribution in [1.82, 2.24) is 15.2 Å². The topological polar surface area (TPSA) is 62.3 Å². The summed E-state index contributed by atoms with van der Waals surface area (Å²) in [6, 6.07) is 1.46. The zero-order chi connectivity index (χ0) is 14.6. The Morgan fingerprint density at radius 1 is 1.47 bits per heavy atom. The summed E-state index contributed by atoms with van der Waals surface area (Å²) in [5.41, 5.74) is 0.334. The molecule has 0 aliphatic heterocycles. The van der Waals surface area contributed by atoms with Gasteiger partial charge in [0.25, 0.3) is 5.91 Å². The van der Waals surface area contributed by atoms with Crippen molar-refractivity contribution in [2.75, 3.05) is 20.6 Å². The number of amides is 2. The third kappa shape index (κ3) is 4.08. The third-order valence-electron chi connectivity index (χ3n) is 2.63. The van der Waals surface area contributed by atoms with Gasteiger partial charge in [0.05, 0.1) is 16.5 Å². The second-order valence-electron chi connectivity index (χ2n) is 4.20. The monoisotopic (exact) mass is 303 g/mol. The maximum absolute atomic E-state index is 12.1. The first-order chi connectivity index (χ1) is 8.86. The second-order valence-corrected chi connectivity index (χ2v) is 4.96. The number of rotatable bonds is 4. The predicted molar refractivity (Wildman–Crippen MR) is 74.4 cm³/mol. The highest BCUT2D eigenvalue weighted by atomic mass is 35.5. The van der Waals surface area contributed by atoms with E-state index in [1.54, 1.807) is 21.0 Å². The number of pyridine rings is 1. The summed E-state index contributed by atoms with van der Waals surface area (Å²) >= 11 is 11.5. The molecule has 1 N–H and O–H groups in total. The minimum atomic E-state index is -0.297. The van der Waals surface area contributed by atoms with E-state index < -0.39 is 0 Å². The van der Waals surface area contributed by atoms with Gasteiger partial charge in [-0.1, -0.05) is 30.1 Å². The number of carbonyl (C=O) groups is 2. The van der Waals surface area contributed by atoms with Crippen LogP contribution in [0.4, 0.5) is 0 Å². The normalized spacial score (nSPS) is 11.8. The lowest BCUT2D eigenvalue weighted by atomic mass is 10.1. The Hall–Kier alpha value is -1.33. The highest BCUT2D eigenvalue weighted by Gasteiger charge is 2.19. The molecular weight excluding hydrogens is 289 g/mol. The zero-order valence-corrected chi connectivity index (χ0v) is 12.4. The summed E-state index contributed by atoms with van der Waals surface area (Å²) in [6.07, 6.45) is 1.36. The van der Waals surface area contributed by atoms with Crippen LogP contribution < -0.4 is 5.32 Å². The average molecular weight is 304 g/mol. The van der Waals surface area contributed by atoms with Crippen LogP contribution >= 0.6 is 23.2 Å². The quantitative estimate of drug-likeness (QED) is 0.863. The van der Waals surface area contributed by atoms with Gasteiger partial charge >= 0.3 is 0 Å². The lowest BCUT2D eigenvalue weighted by Crippen LogP contribution is -2.37. The summed E-state index contributed by atoms with van der Waals surface area (Å²) in [6.45, 7) is 2.05. The standard InChI is InChI=1S/C12H15Cl2N3O2/c1-7(11(18)15-2)6-17(3)12(19)8-4-9(13)10(14)16-5-8/h4-5,7H,6H2,1-3H3,(H,15,18). The van der Waals surface area contributed by atoms with Crippen molar-refractivity contribution in [3.63, 3.8) is 0 Å². The van der Waals surface area contributed by atoms with Gasteiger partial charge in [-0.25, -0.2) is 4.98 Å². The Labute approximate surface area is 121 Å². The van der Waals surface area contributed by atoms with Crippen LogP contribution in [0.2, 0.25) is 10.2 Å². The molecule has 0 saturated carbocycles. The molecule has 0 fully saturated rings. The first-order valence-corrected chi connectivity index (χ1v) is 6.40. The maximum Gasteiger partial charge on any atom is 0.255 e. The SMILES string of the molecule is CNC(=O)C(C)CN(C)C(=O)c1cnc(Cl)c(Cl)c1. The predicted octanol–water partition coefficient (Wildman–Crippen LogP) is 1.84. The molecule has 0 bridgehead atoms. The van der Waals surface area contributed by atoms with Crippen LogP contribution in [0.1, 0.15) is 17.3 Å². The molecule has 104 valence electrons. The first-order valence-electron chi connectivity index (χ1n) is 5.65. The van der Waals surface area contributed by atoms with E-state index in [0.717, 1.165) is 0 Å². The summed E-state index contributed by atoms with van der Waals surface area (Å²) in [7, 11) is 3.17. The van der Waals surface area contributed by atoms with E-state index in [4.69, 9.17) is 23.2 Å². The molecule has 0 aliphatic rings. The van der Waals surface area contributed by atoms with E-state index >= 15 is 0 Å². The fourth-order valence-electron chi connectivity index (χ4n) is 1.58. The average Bonchev–Trinajstić information content (AvgIpc) is 2.39. The van der Waals surface area contributed by atoms with Gasteiger partial charge in [-0.3, -0.25) is 9.59 Å². The smallest absolute Gasteiger partial charge is 0.255 e. The van der Waals surface area contributed by atoms with Crippen molar-refractivity contribution in [2.24, 2.45) is 5.92 Å². The lowest BCUT2D eigenvalue weighted by Gasteiger charge is -2.20. The van der Waals surface area contributed by atoms with E-state index in [0.29, 0.717) is 12.1 Å². The molecule has 1 unspecified atom stereocenters. The summed E-state index contributed by atoms with van der Waals surface area (Å²) in [4.78, 5) is 28.8. The lowest BCUT2D eigenvalue weighted by molar-refractivity contribution is -0.124. The highest BCUT2D eigenvalue weighted by Crippen LogP contribution is 2.20. The maximum atomic E-state index is 12.1. The van der Waals surface area contributed by atoms with E-state index in [2.05, 4.69) is 10.3 Å². The Kier molecular flexibility index (Phi) is 5.57. The van der Waals surface area contributed by atoms with Crippen LogP contribution in [-0.2, 0) is 4.79 Å². The number of hydrogen-bond donors (Lipinski definition) is 1. The molecule has 0 aromatic carbocycles. The Morgan fingerprint density at radius 2 is 2.11 bits per heavy atom. The molecule has 19 heavy (non-hydrogen) atoms. The van der Waals surface area contributed by atoms with Crippen molar-refractivity contribution in [1.29, 1.82) is 0 Å². The number of aromatic nitrogens is 1. The molecule has 7 heteroatoms. The third-order valence-corrected chi connectivity index (χ3v) is 3.32. The largest absolute Gasteiger partial charge is 0.359 e. The molecule has 5 nitrogen and oxygen atoms in total. The van der Waals surface area contributed by atoms with Crippen LogP contribution in [0.3, 0.4) is 0 Å². The van der Waals surface area contributed by atoms with E-state index in [1.165, 1.54) is 17.2 Å². The molecule has 1 aromatic heterocycles. The highest BCUT2D eigenvalue weighted by molar-refractivity contribution is 6.41. The minimum absolute atomic E-state index is 0.119. The Morgan fingerprint density at radius 3 is 2.63 bits per heavy atom. The Balaban J connectivity index is 2.76. The van der Waals surface area contributed by atoms with Gasteiger partial charge in [0.15, 0.2) is 0 Å². The van der Waals surface area contributed by atoms with Crippen LogP contribution in [0, 0.1) is 5.92 Å². The number of nitrogens with zero attached hydrogens (tertiary/aromatic N) is 2. The molecule has 0 radical (unpaired) electrons. The second kappa shape index (κ2) is 6.73. The van der Waals surface area contributed by atoms with Crippen LogP contribution in [0.25, 0.3) is 0 Å². The van der Waals surface area contributed by atoms with E-state index in [-0.39, 0.29) is 27.9 Å². The summed E-state index contributed by atoms with van der Waals surface area (Å²) in [5.74, 6) is -0.677. The fraction of sp³-hybridized carbons (Fsp3) is 0.417. The molecule has 1 heterocycles. The van der Waals surface area contributed by atoms with E-state index in [9.17, 15) is 9.59 Å². The fourth-order valence-corrected chi connectivity index (χ4v) is 1.85. The van der Waals surface area contributed by atoms with Crippen molar-refractivity contribution in [2.45, 2.75) is 6.92 Å². The van der Waals surface area contributed by atoms with Crippen molar-refractivity contribution in [3.05, 3.63) is 28.0 Å². The number of nitrogens with one attached hydrogen (secondary N) is 1. The first kappa shape index (κ1) is 15.7. The number of halogens is 2. The summed E-state index contributed by atoms with van der Waals surface area (Å²) in [5, 5.41) is 2.91. The molecule has 0 aliphatic carbocycles. The van der Waals surface area contributed by atoms with Gasteiger partial charge in [0.1, 0.15) is 5.15 Å². The molecule has 1 aromatic rings. The van der Waals surface area contributed by atoms with Gasteiger partial charge in [-0.15, -0.1) is 0 Å². The van der Waals surface area contributed by atoms with Crippen LogP contribution in [0.5, 0.6) is 0 Å². The molecule has 1 atom stereocenters. The number of carbonyl (C=O) groups excluding carboxylic acids is 2. The summed E-state index contributed by atoms with van der Waals surface area (Å²) < 4.78 is 0. The van der Waals surface area contributed by atoms with Crippen LogP contribution in [-0.4, -0.2) is 42.3 Å². The molecular formula is C12H15Cl2N3O2. The molecule has 0 saturated heterocycles. The Bertz CT molecular complexity index is 494. The van der Waals surface area contributed by atoms with Gasteiger partial charge in [0, 0.05) is 26.8 Å². The van der Waals surface area contributed by atoms with Gasteiger partial charge in [-0.05, 0) is 6.07 Å². The van der Waals surface area contributed by atoms with Crippen molar-refractivity contribution < 1.29 is 9.59 Å². The van der Waals surface area contributed by atoms with Gasteiger partial charge in [-0.2, -0.15) is 0 Å². The van der Waals surface area contributed by atoms with Crippen LogP contribution in [0.15, 0.2) is 12.3 Å². The minimum Gasteiger partial charge on any atom is -0.359 e. The molecule has 1 rings (SSSR count). The molecule has 2 amide bonds. The van der Waals surface area contributed by atoms with Crippen molar-refractivity contribution in [3.8, 4) is 0 Å². The van der Waals surface area contributed by atoms with E-state index in [1.807, 2.05) is 0 Å². The molecule has 0 spiro atoms. The van der Waals surface area contributed by atoms with Crippen molar-refractivity contribution >= 4 is 35.0 Å².